The average Bonchev–Trinajstić information content (AvgIpc) is 3.16. The molecule has 22 heavy (non-hydrogen) atoms. The van der Waals surface area contributed by atoms with E-state index in [4.69, 9.17) is 4.74 Å². The molecule has 6 nitrogen and oxygen atoms in total. The fourth-order valence-electron chi connectivity index (χ4n) is 2.28. The Morgan fingerprint density at radius 2 is 2.27 bits per heavy atom. The first-order valence-electron chi connectivity index (χ1n) is 6.76. The molecule has 0 aliphatic carbocycles. The topological polar surface area (TPSA) is 56.1 Å². The fourth-order valence-corrected chi connectivity index (χ4v) is 3.15. The lowest BCUT2D eigenvalue weighted by molar-refractivity contribution is -0.140. The minimum absolute atomic E-state index is 0.325. The summed E-state index contributed by atoms with van der Waals surface area (Å²) in [6.45, 7) is 3.98. The first kappa shape index (κ1) is 15.2. The second-order valence-electron chi connectivity index (χ2n) is 4.79. The van der Waals surface area contributed by atoms with Crippen LogP contribution >= 0.6 is 11.3 Å². The summed E-state index contributed by atoms with van der Waals surface area (Å²) in [7, 11) is 0. The van der Waals surface area contributed by atoms with Crippen LogP contribution in [0.1, 0.15) is 24.5 Å². The molecule has 2 aromatic rings. The van der Waals surface area contributed by atoms with E-state index in [9.17, 15) is 13.2 Å². The summed E-state index contributed by atoms with van der Waals surface area (Å²) in [4.78, 5) is 5.48. The van der Waals surface area contributed by atoms with Crippen LogP contribution in [0.15, 0.2) is 11.7 Å². The van der Waals surface area contributed by atoms with Crippen molar-refractivity contribution >= 4 is 16.5 Å². The number of hydrogen-bond donors (Lipinski definition) is 0. The van der Waals surface area contributed by atoms with E-state index in [0.717, 1.165) is 16.7 Å². The van der Waals surface area contributed by atoms with Gasteiger partial charge in [-0.2, -0.15) is 13.2 Å². The third kappa shape index (κ3) is 2.93. The van der Waals surface area contributed by atoms with Crippen molar-refractivity contribution in [2.24, 2.45) is 0 Å². The Labute approximate surface area is 128 Å². The molecular formula is C12H14F3N5OS. The molecule has 120 valence electrons. The molecule has 0 saturated carbocycles. The van der Waals surface area contributed by atoms with Crippen LogP contribution in [-0.4, -0.2) is 39.4 Å². The molecule has 0 N–H and O–H groups in total. The summed E-state index contributed by atoms with van der Waals surface area (Å²) in [5.74, 6) is 0.680. The molecule has 0 unspecified atom stereocenters. The summed E-state index contributed by atoms with van der Waals surface area (Å²) < 4.78 is 45.5. The van der Waals surface area contributed by atoms with Crippen molar-refractivity contribution in [1.82, 2.24) is 19.7 Å². The van der Waals surface area contributed by atoms with E-state index in [1.54, 1.807) is 11.2 Å². The molecule has 10 heteroatoms. The second-order valence-corrected chi connectivity index (χ2v) is 5.63. The van der Waals surface area contributed by atoms with E-state index in [1.807, 2.05) is 11.5 Å². The van der Waals surface area contributed by atoms with Gasteiger partial charge in [-0.05, 0) is 6.92 Å². The number of halogens is 3. The summed E-state index contributed by atoms with van der Waals surface area (Å²) in [6.07, 6.45) is -3.12. The summed E-state index contributed by atoms with van der Waals surface area (Å²) in [5.41, 5.74) is -0.854. The number of hydrogen-bond acceptors (Lipinski definition) is 6. The molecule has 2 aromatic heterocycles. The predicted molar refractivity (Wildman–Crippen MR) is 73.7 cm³/mol. The smallest absolute Gasteiger partial charge is 0.366 e. The molecule has 0 spiro atoms. The van der Waals surface area contributed by atoms with Crippen LogP contribution < -0.4 is 4.90 Å². The maximum Gasteiger partial charge on any atom is 0.434 e. The van der Waals surface area contributed by atoms with Gasteiger partial charge < -0.3 is 14.2 Å². The van der Waals surface area contributed by atoms with E-state index >= 15 is 0 Å². The van der Waals surface area contributed by atoms with E-state index in [1.165, 1.54) is 0 Å². The first-order chi connectivity index (χ1) is 10.5. The van der Waals surface area contributed by atoms with Crippen LogP contribution in [-0.2, 0) is 17.5 Å². The van der Waals surface area contributed by atoms with Gasteiger partial charge in [0.1, 0.15) is 12.4 Å². The van der Waals surface area contributed by atoms with Crippen LogP contribution in [0.4, 0.5) is 18.3 Å². The summed E-state index contributed by atoms with van der Waals surface area (Å²) in [6, 6.07) is 0. The Morgan fingerprint density at radius 1 is 1.45 bits per heavy atom. The van der Waals surface area contributed by atoms with Crippen molar-refractivity contribution in [2.75, 3.05) is 24.6 Å². The van der Waals surface area contributed by atoms with Gasteiger partial charge in [-0.1, -0.05) is 0 Å². The van der Waals surface area contributed by atoms with Crippen molar-refractivity contribution in [3.05, 3.63) is 23.2 Å². The van der Waals surface area contributed by atoms with E-state index in [0.29, 0.717) is 37.2 Å². The minimum Gasteiger partial charge on any atom is -0.366 e. The van der Waals surface area contributed by atoms with Crippen LogP contribution in [0.2, 0.25) is 0 Å². The molecule has 3 heterocycles. The third-order valence-electron chi connectivity index (χ3n) is 3.39. The largest absolute Gasteiger partial charge is 0.434 e. The quantitative estimate of drug-likeness (QED) is 0.863. The van der Waals surface area contributed by atoms with Crippen LogP contribution in [0.3, 0.4) is 0 Å². The number of anilines is 1. The van der Waals surface area contributed by atoms with Gasteiger partial charge in [-0.15, -0.1) is 21.5 Å². The van der Waals surface area contributed by atoms with Gasteiger partial charge in [-0.3, -0.25) is 0 Å². The lowest BCUT2D eigenvalue weighted by Gasteiger charge is -2.32. The number of rotatable bonds is 3. The van der Waals surface area contributed by atoms with E-state index < -0.39 is 11.9 Å². The van der Waals surface area contributed by atoms with Crippen molar-refractivity contribution in [3.8, 4) is 0 Å². The molecule has 0 bridgehead atoms. The van der Waals surface area contributed by atoms with Crippen LogP contribution in [0.5, 0.6) is 0 Å². The third-order valence-corrected chi connectivity index (χ3v) is 4.30. The normalized spacial score (nSPS) is 19.6. The molecule has 1 fully saturated rings. The Balaban J connectivity index is 1.77. The molecule has 1 atom stereocenters. The Morgan fingerprint density at radius 3 is 2.95 bits per heavy atom. The number of thiazole rings is 1. The van der Waals surface area contributed by atoms with Crippen molar-refractivity contribution in [1.29, 1.82) is 0 Å². The van der Waals surface area contributed by atoms with Gasteiger partial charge in [0, 0.05) is 18.5 Å². The molecule has 1 aliphatic heterocycles. The standard InChI is InChI=1S/C12H14F3N5OS/c1-2-19-7-16-18-10(19)8-5-20(3-4-21-8)11-17-9(6-22-11)12(13,14)15/h6-8H,2-5H2,1H3/t8-/m1/s1. The van der Waals surface area contributed by atoms with Crippen molar-refractivity contribution in [3.63, 3.8) is 0 Å². The number of morpholine rings is 1. The molecule has 3 rings (SSSR count). The zero-order valence-electron chi connectivity index (χ0n) is 11.7. The molecule has 1 saturated heterocycles. The van der Waals surface area contributed by atoms with Crippen molar-refractivity contribution in [2.45, 2.75) is 25.7 Å². The zero-order chi connectivity index (χ0) is 15.7. The summed E-state index contributed by atoms with van der Waals surface area (Å²) in [5, 5.41) is 9.29. The van der Waals surface area contributed by atoms with Gasteiger partial charge in [0.05, 0.1) is 13.2 Å². The van der Waals surface area contributed by atoms with E-state index in [-0.39, 0.29) is 6.10 Å². The highest BCUT2D eigenvalue weighted by atomic mass is 32.1. The summed E-state index contributed by atoms with van der Waals surface area (Å²) >= 11 is 0.989. The average molecular weight is 333 g/mol. The maximum atomic E-state index is 12.6. The second kappa shape index (κ2) is 5.84. The van der Waals surface area contributed by atoms with Crippen molar-refractivity contribution < 1.29 is 17.9 Å². The number of nitrogens with zero attached hydrogens (tertiary/aromatic N) is 5. The highest BCUT2D eigenvalue weighted by molar-refractivity contribution is 7.13. The van der Waals surface area contributed by atoms with E-state index in [2.05, 4.69) is 15.2 Å². The Hall–Kier alpha value is -1.68. The zero-order valence-corrected chi connectivity index (χ0v) is 12.6. The van der Waals surface area contributed by atoms with Gasteiger partial charge in [0.25, 0.3) is 0 Å². The predicted octanol–water partition coefficient (Wildman–Crippen LogP) is 2.35. The number of aromatic nitrogens is 4. The van der Waals surface area contributed by atoms with Gasteiger partial charge in [0.2, 0.25) is 0 Å². The highest BCUT2D eigenvalue weighted by Gasteiger charge is 2.35. The monoisotopic (exact) mass is 333 g/mol. The number of ether oxygens (including phenoxy) is 1. The van der Waals surface area contributed by atoms with Gasteiger partial charge >= 0.3 is 6.18 Å². The Bertz CT molecular complexity index is 641. The number of aryl methyl sites for hydroxylation is 1. The highest BCUT2D eigenvalue weighted by Crippen LogP contribution is 2.34. The molecule has 0 amide bonds. The minimum atomic E-state index is -4.41. The number of alkyl halides is 3. The lowest BCUT2D eigenvalue weighted by Crippen LogP contribution is -2.39. The fraction of sp³-hybridized carbons (Fsp3) is 0.583. The first-order valence-corrected chi connectivity index (χ1v) is 7.64. The van der Waals surface area contributed by atoms with Crippen LogP contribution in [0.25, 0.3) is 0 Å². The maximum absolute atomic E-state index is 12.6. The van der Waals surface area contributed by atoms with Gasteiger partial charge in [-0.25, -0.2) is 4.98 Å². The SMILES string of the molecule is CCn1cnnc1[C@H]1CN(c2nc(C(F)(F)F)cs2)CCO1. The van der Waals surface area contributed by atoms with Crippen LogP contribution in [0, 0.1) is 0 Å². The lowest BCUT2D eigenvalue weighted by atomic mass is 10.2. The van der Waals surface area contributed by atoms with Gasteiger partial charge in [0.15, 0.2) is 16.6 Å². The molecule has 1 aliphatic rings. The Kier molecular flexibility index (Phi) is 4.04. The molecule has 0 radical (unpaired) electrons. The molecular weight excluding hydrogens is 319 g/mol. The molecule has 0 aromatic carbocycles.